The number of nitrogens with zero attached hydrogens (tertiary/aromatic N) is 8. The Hall–Kier alpha value is -3.45. The zero-order valence-electron chi connectivity index (χ0n) is 23.6. The van der Waals surface area contributed by atoms with E-state index in [9.17, 15) is 5.11 Å². The second-order valence-corrected chi connectivity index (χ2v) is 12.4. The van der Waals surface area contributed by atoms with E-state index in [0.717, 1.165) is 83.2 Å². The predicted molar refractivity (Wildman–Crippen MR) is 161 cm³/mol. The number of ether oxygens (including phenoxy) is 1. The number of anilines is 4. The Morgan fingerprint density at radius 2 is 1.85 bits per heavy atom. The van der Waals surface area contributed by atoms with Crippen molar-refractivity contribution in [1.29, 1.82) is 0 Å². The Balaban J connectivity index is 1.09. The van der Waals surface area contributed by atoms with Gasteiger partial charge in [0.15, 0.2) is 0 Å². The highest BCUT2D eigenvalue weighted by Crippen LogP contribution is 2.35. The van der Waals surface area contributed by atoms with Crippen molar-refractivity contribution in [2.75, 3.05) is 54.4 Å². The number of hydrogen-bond acceptors (Lipinski definition) is 12. The number of rotatable bonds is 7. The molecule has 0 saturated carbocycles. The first-order valence-corrected chi connectivity index (χ1v) is 15.1. The van der Waals surface area contributed by atoms with E-state index in [1.807, 2.05) is 37.5 Å². The van der Waals surface area contributed by atoms with Gasteiger partial charge < -0.3 is 25.0 Å². The molecule has 7 rings (SSSR count). The first-order chi connectivity index (χ1) is 19.9. The highest BCUT2D eigenvalue weighted by molar-refractivity contribution is 7.21. The largest absolute Gasteiger partial charge is 0.395 e. The summed E-state index contributed by atoms with van der Waals surface area (Å²) < 4.78 is 6.92. The third-order valence-electron chi connectivity index (χ3n) is 8.11. The van der Waals surface area contributed by atoms with Crippen LogP contribution in [-0.4, -0.2) is 98.5 Å². The first kappa shape index (κ1) is 26.4. The fourth-order valence-corrected chi connectivity index (χ4v) is 7.30. The van der Waals surface area contributed by atoms with E-state index in [0.29, 0.717) is 17.9 Å². The number of aromatic nitrogens is 5. The van der Waals surface area contributed by atoms with Gasteiger partial charge in [-0.25, -0.2) is 19.9 Å². The third kappa shape index (κ3) is 5.32. The average molecular weight is 574 g/mol. The molecule has 0 aromatic carbocycles. The maximum atomic E-state index is 9.35. The van der Waals surface area contributed by atoms with Crippen molar-refractivity contribution in [3.05, 3.63) is 42.4 Å². The quantitative estimate of drug-likeness (QED) is 0.339. The lowest BCUT2D eigenvalue weighted by atomic mass is 10.2. The standard InChI is InChI=1S/C29H35N9O2S/c1-17-8-26(35-29(32-17)38-16-21-10-22(38)15-36(21)6-7-39)34-25-11-23-24(12-31-25)41-28(33-23)20-4-5-30-27(9-20)37-13-18(2)40-19(3)14-37/h4-5,8-9,11-12,18-19,21-22,39H,6-7,10,13-16H2,1-3H3,(H,31,32,34,35)/t18-,19+,21-,22-/m0/s1. The number of β-amino-alcohol motifs (C(OH)–C–C–N with tert-alkyl or cyclic N) is 1. The number of likely N-dealkylation sites (tertiary alicyclic amines) is 1. The van der Waals surface area contributed by atoms with Crippen LogP contribution in [0.1, 0.15) is 26.0 Å². The number of morpholine rings is 1. The summed E-state index contributed by atoms with van der Waals surface area (Å²) in [5, 5.41) is 13.7. The number of fused-ring (bicyclic) bond motifs is 3. The van der Waals surface area contributed by atoms with Gasteiger partial charge in [0.2, 0.25) is 5.95 Å². The van der Waals surface area contributed by atoms with Crippen molar-refractivity contribution < 1.29 is 9.84 Å². The van der Waals surface area contributed by atoms with E-state index in [1.165, 1.54) is 0 Å². The van der Waals surface area contributed by atoms with Gasteiger partial charge >= 0.3 is 0 Å². The van der Waals surface area contributed by atoms with Crippen LogP contribution in [0.4, 0.5) is 23.4 Å². The number of aryl methyl sites for hydroxylation is 1. The number of thiazole rings is 1. The Kier molecular flexibility index (Phi) is 6.93. The molecular formula is C29H35N9O2S. The summed E-state index contributed by atoms with van der Waals surface area (Å²) in [7, 11) is 0. The lowest BCUT2D eigenvalue weighted by Gasteiger charge is -2.36. The highest BCUT2D eigenvalue weighted by atomic mass is 32.1. The maximum absolute atomic E-state index is 9.35. The molecular weight excluding hydrogens is 538 g/mol. The van der Waals surface area contributed by atoms with Gasteiger partial charge in [0.1, 0.15) is 22.5 Å². The number of piperazine rings is 1. The minimum absolute atomic E-state index is 0.172. The number of aliphatic hydroxyl groups is 1. The van der Waals surface area contributed by atoms with Crippen molar-refractivity contribution in [2.45, 2.75) is 51.5 Å². The summed E-state index contributed by atoms with van der Waals surface area (Å²) in [6, 6.07) is 8.89. The molecule has 214 valence electrons. The van der Waals surface area contributed by atoms with Crippen molar-refractivity contribution in [3.63, 3.8) is 0 Å². The van der Waals surface area contributed by atoms with Crippen LogP contribution >= 0.6 is 11.3 Å². The van der Waals surface area contributed by atoms with Gasteiger partial charge in [-0.05, 0) is 39.3 Å². The summed E-state index contributed by atoms with van der Waals surface area (Å²) in [5.74, 6) is 3.12. The normalized spacial score (nSPS) is 24.5. The van der Waals surface area contributed by atoms with Crippen LogP contribution in [0.5, 0.6) is 0 Å². The van der Waals surface area contributed by atoms with Crippen LogP contribution in [0.2, 0.25) is 0 Å². The molecule has 0 spiro atoms. The molecule has 7 heterocycles. The van der Waals surface area contributed by atoms with Gasteiger partial charge in [0.05, 0.1) is 29.0 Å². The van der Waals surface area contributed by atoms with E-state index in [1.54, 1.807) is 11.3 Å². The van der Waals surface area contributed by atoms with Gasteiger partial charge in [0.25, 0.3) is 0 Å². The van der Waals surface area contributed by atoms with E-state index in [4.69, 9.17) is 19.7 Å². The minimum atomic E-state index is 0.172. The smallest absolute Gasteiger partial charge is 0.227 e. The average Bonchev–Trinajstić information content (AvgIpc) is 3.67. The number of pyridine rings is 2. The van der Waals surface area contributed by atoms with E-state index in [2.05, 4.69) is 49.9 Å². The molecule has 0 amide bonds. The second-order valence-electron chi connectivity index (χ2n) is 11.4. The molecule has 12 heteroatoms. The zero-order valence-corrected chi connectivity index (χ0v) is 24.4. The van der Waals surface area contributed by atoms with Crippen molar-refractivity contribution in [3.8, 4) is 10.6 Å². The van der Waals surface area contributed by atoms with Crippen LogP contribution in [0.15, 0.2) is 36.7 Å². The Labute approximate surface area is 243 Å². The van der Waals surface area contributed by atoms with Crippen molar-refractivity contribution >= 4 is 45.0 Å². The Morgan fingerprint density at radius 1 is 1.00 bits per heavy atom. The first-order valence-electron chi connectivity index (χ1n) is 14.3. The van der Waals surface area contributed by atoms with Crippen LogP contribution < -0.4 is 15.1 Å². The van der Waals surface area contributed by atoms with Crippen LogP contribution in [0.3, 0.4) is 0 Å². The molecule has 4 aromatic rings. The lowest BCUT2D eigenvalue weighted by molar-refractivity contribution is -0.00545. The molecule has 3 aliphatic rings. The fourth-order valence-electron chi connectivity index (χ4n) is 6.39. The molecule has 0 radical (unpaired) electrons. The van der Waals surface area contributed by atoms with Crippen LogP contribution in [-0.2, 0) is 4.74 Å². The topological polar surface area (TPSA) is 116 Å². The van der Waals surface area contributed by atoms with Crippen molar-refractivity contribution in [1.82, 2.24) is 29.8 Å². The second kappa shape index (κ2) is 10.8. The third-order valence-corrected chi connectivity index (χ3v) is 9.16. The molecule has 2 N–H and O–H groups in total. The number of aliphatic hydroxyl groups excluding tert-OH is 1. The van der Waals surface area contributed by atoms with E-state index in [-0.39, 0.29) is 18.8 Å². The molecule has 4 aromatic heterocycles. The molecule has 4 atom stereocenters. The highest BCUT2D eigenvalue weighted by Gasteiger charge is 2.44. The van der Waals surface area contributed by atoms with Crippen molar-refractivity contribution in [2.24, 2.45) is 0 Å². The van der Waals surface area contributed by atoms with Crippen LogP contribution in [0, 0.1) is 6.92 Å². The molecule has 0 aliphatic carbocycles. The lowest BCUT2D eigenvalue weighted by Crippen LogP contribution is -2.47. The molecule has 41 heavy (non-hydrogen) atoms. The number of nitrogens with one attached hydrogen (secondary N) is 1. The molecule has 3 fully saturated rings. The molecule has 11 nitrogen and oxygen atoms in total. The Morgan fingerprint density at radius 3 is 2.63 bits per heavy atom. The van der Waals surface area contributed by atoms with Gasteiger partial charge in [-0.3, -0.25) is 4.90 Å². The SMILES string of the molecule is Cc1cc(Nc2cc3nc(-c4ccnc(N5C[C@@H](C)O[C@@H](C)C5)c4)sc3cn2)nc(N2C[C@@H]3C[C@H]2CN3CCO)n1. The van der Waals surface area contributed by atoms with Gasteiger partial charge in [-0.1, -0.05) is 0 Å². The Bertz CT molecular complexity index is 1550. The number of hydrogen-bond donors (Lipinski definition) is 2. The monoisotopic (exact) mass is 573 g/mol. The van der Waals surface area contributed by atoms with Gasteiger partial charge in [-0.15, -0.1) is 11.3 Å². The molecule has 2 bridgehead atoms. The zero-order chi connectivity index (χ0) is 28.1. The summed E-state index contributed by atoms with van der Waals surface area (Å²) in [6.45, 7) is 10.6. The predicted octanol–water partition coefficient (Wildman–Crippen LogP) is 3.46. The molecule has 3 saturated heterocycles. The summed E-state index contributed by atoms with van der Waals surface area (Å²) in [4.78, 5) is 30.8. The molecule has 3 aliphatic heterocycles. The minimum Gasteiger partial charge on any atom is -0.395 e. The fraction of sp³-hybridized carbons (Fsp3) is 0.483. The van der Waals surface area contributed by atoms with Crippen LogP contribution in [0.25, 0.3) is 20.8 Å². The summed E-state index contributed by atoms with van der Waals surface area (Å²) in [5.41, 5.74) is 2.84. The summed E-state index contributed by atoms with van der Waals surface area (Å²) >= 11 is 1.63. The van der Waals surface area contributed by atoms with E-state index < -0.39 is 0 Å². The van der Waals surface area contributed by atoms with Gasteiger partial charge in [0, 0.05) is 80.6 Å². The van der Waals surface area contributed by atoms with E-state index >= 15 is 0 Å². The summed E-state index contributed by atoms with van der Waals surface area (Å²) in [6.07, 6.45) is 5.17. The maximum Gasteiger partial charge on any atom is 0.227 e. The van der Waals surface area contributed by atoms with Gasteiger partial charge in [-0.2, -0.15) is 4.98 Å². The molecule has 0 unspecified atom stereocenters.